The van der Waals surface area contributed by atoms with Gasteiger partial charge in [-0.25, -0.2) is 0 Å². The average Bonchev–Trinajstić information content (AvgIpc) is 2.52. The van der Waals surface area contributed by atoms with Crippen molar-refractivity contribution in [3.8, 4) is 18.1 Å². The largest absolute Gasteiger partial charge is 0.481 e. The molecule has 0 heterocycles. The van der Waals surface area contributed by atoms with Gasteiger partial charge in [0.2, 0.25) is 0 Å². The number of nitrogens with one attached hydrogen (secondary N) is 1. The Morgan fingerprint density at radius 2 is 1.86 bits per heavy atom. The standard InChI is InChI=1S/C19H21NO/c1-4-13-21-19-12-8-6-10-17(19)14-20-16(3)18-11-7-5-9-15(18)2/h1,5-12,16,20H,13-14H2,2-3H3. The minimum atomic E-state index is 0.284. The number of benzene rings is 2. The summed E-state index contributed by atoms with van der Waals surface area (Å²) >= 11 is 0. The first-order valence-corrected chi connectivity index (χ1v) is 7.15. The lowest BCUT2D eigenvalue weighted by molar-refractivity contribution is 0.364. The summed E-state index contributed by atoms with van der Waals surface area (Å²) in [5.74, 6) is 3.35. The van der Waals surface area contributed by atoms with Gasteiger partial charge in [0, 0.05) is 18.2 Å². The summed E-state index contributed by atoms with van der Waals surface area (Å²) in [6, 6.07) is 16.7. The Morgan fingerprint density at radius 3 is 2.62 bits per heavy atom. The fourth-order valence-corrected chi connectivity index (χ4v) is 2.36. The van der Waals surface area contributed by atoms with E-state index in [0.717, 1.165) is 17.9 Å². The monoisotopic (exact) mass is 279 g/mol. The number of terminal acetylenes is 1. The van der Waals surface area contributed by atoms with Gasteiger partial charge in [-0.1, -0.05) is 48.4 Å². The topological polar surface area (TPSA) is 21.3 Å². The first kappa shape index (κ1) is 15.2. The number of hydrogen-bond acceptors (Lipinski definition) is 2. The van der Waals surface area contributed by atoms with Gasteiger partial charge >= 0.3 is 0 Å². The Bertz CT molecular complexity index is 627. The highest BCUT2D eigenvalue weighted by molar-refractivity contribution is 5.34. The number of aryl methyl sites for hydroxylation is 1. The number of hydrogen-bond donors (Lipinski definition) is 1. The molecule has 108 valence electrons. The van der Waals surface area contributed by atoms with Crippen molar-refractivity contribution in [3.63, 3.8) is 0 Å². The SMILES string of the molecule is C#CCOc1ccccc1CNC(C)c1ccccc1C. The van der Waals surface area contributed by atoms with Crippen LogP contribution in [0.15, 0.2) is 48.5 Å². The quantitative estimate of drug-likeness (QED) is 0.811. The maximum absolute atomic E-state index is 5.57. The molecule has 0 saturated heterocycles. The fraction of sp³-hybridized carbons (Fsp3) is 0.263. The molecule has 1 atom stereocenters. The summed E-state index contributed by atoms with van der Waals surface area (Å²) < 4.78 is 5.57. The van der Waals surface area contributed by atoms with Gasteiger partial charge in [-0.3, -0.25) is 0 Å². The van der Waals surface area contributed by atoms with Crippen LogP contribution in [-0.4, -0.2) is 6.61 Å². The highest BCUT2D eigenvalue weighted by Gasteiger charge is 2.09. The van der Waals surface area contributed by atoms with Crippen LogP contribution in [0, 0.1) is 19.3 Å². The Labute approximate surface area is 127 Å². The Morgan fingerprint density at radius 1 is 1.14 bits per heavy atom. The van der Waals surface area contributed by atoms with Gasteiger partial charge in [-0.05, 0) is 31.0 Å². The third kappa shape index (κ3) is 4.11. The normalized spacial score (nSPS) is 11.7. The number of rotatable bonds is 6. The van der Waals surface area contributed by atoms with E-state index in [1.54, 1.807) is 0 Å². The van der Waals surface area contributed by atoms with Crippen molar-refractivity contribution >= 4 is 0 Å². The third-order valence-electron chi connectivity index (χ3n) is 3.54. The van der Waals surface area contributed by atoms with Gasteiger partial charge in [0.05, 0.1) is 0 Å². The zero-order valence-electron chi connectivity index (χ0n) is 12.6. The molecule has 0 fully saturated rings. The molecular formula is C19H21NO. The second-order valence-corrected chi connectivity index (χ2v) is 5.06. The van der Waals surface area contributed by atoms with Gasteiger partial charge in [-0.2, -0.15) is 0 Å². The molecule has 1 N–H and O–H groups in total. The molecule has 2 nitrogen and oxygen atoms in total. The summed E-state index contributed by atoms with van der Waals surface area (Å²) in [6.45, 7) is 5.35. The predicted molar refractivity (Wildman–Crippen MR) is 87.2 cm³/mol. The van der Waals surface area contributed by atoms with Gasteiger partial charge in [0.25, 0.3) is 0 Å². The van der Waals surface area contributed by atoms with Crippen LogP contribution in [0.1, 0.15) is 29.7 Å². The van der Waals surface area contributed by atoms with Gasteiger partial charge in [0.15, 0.2) is 0 Å². The first-order chi connectivity index (χ1) is 10.2. The van der Waals surface area contributed by atoms with E-state index >= 15 is 0 Å². The van der Waals surface area contributed by atoms with E-state index < -0.39 is 0 Å². The Kier molecular flexibility index (Phi) is 5.43. The molecule has 0 radical (unpaired) electrons. The lowest BCUT2D eigenvalue weighted by Gasteiger charge is -2.18. The minimum Gasteiger partial charge on any atom is -0.481 e. The van der Waals surface area contributed by atoms with E-state index in [9.17, 15) is 0 Å². The Hall–Kier alpha value is -2.24. The third-order valence-corrected chi connectivity index (χ3v) is 3.54. The van der Waals surface area contributed by atoms with Crippen LogP contribution in [-0.2, 0) is 6.54 Å². The van der Waals surface area contributed by atoms with E-state index in [1.807, 2.05) is 18.2 Å². The molecule has 1 unspecified atom stereocenters. The molecule has 2 aromatic rings. The molecule has 0 aromatic heterocycles. The van der Waals surface area contributed by atoms with Crippen LogP contribution in [0.3, 0.4) is 0 Å². The van der Waals surface area contributed by atoms with Crippen LogP contribution in [0.25, 0.3) is 0 Å². The summed E-state index contributed by atoms with van der Waals surface area (Å²) in [7, 11) is 0. The highest BCUT2D eigenvalue weighted by atomic mass is 16.5. The fourth-order valence-electron chi connectivity index (χ4n) is 2.36. The molecule has 21 heavy (non-hydrogen) atoms. The molecular weight excluding hydrogens is 258 g/mol. The zero-order chi connectivity index (χ0) is 15.1. The van der Waals surface area contributed by atoms with Crippen LogP contribution in [0.2, 0.25) is 0 Å². The maximum atomic E-state index is 5.57. The van der Waals surface area contributed by atoms with Gasteiger partial charge < -0.3 is 10.1 Å². The highest BCUT2D eigenvalue weighted by Crippen LogP contribution is 2.21. The molecule has 0 saturated carbocycles. The van der Waals surface area contributed by atoms with E-state index in [4.69, 9.17) is 11.2 Å². The van der Waals surface area contributed by atoms with Crippen LogP contribution in [0.5, 0.6) is 5.75 Å². The predicted octanol–water partition coefficient (Wildman–Crippen LogP) is 3.86. The van der Waals surface area contributed by atoms with Crippen LogP contribution >= 0.6 is 0 Å². The van der Waals surface area contributed by atoms with Gasteiger partial charge in [-0.15, -0.1) is 6.42 Å². The van der Waals surface area contributed by atoms with E-state index in [1.165, 1.54) is 11.1 Å². The van der Waals surface area contributed by atoms with Gasteiger partial charge in [0.1, 0.15) is 12.4 Å². The second-order valence-electron chi connectivity index (χ2n) is 5.06. The van der Waals surface area contributed by atoms with E-state index in [2.05, 4.69) is 55.4 Å². The lowest BCUT2D eigenvalue weighted by Crippen LogP contribution is -2.19. The number of ether oxygens (including phenoxy) is 1. The second kappa shape index (κ2) is 7.52. The summed E-state index contributed by atoms with van der Waals surface area (Å²) in [5, 5.41) is 3.54. The molecule has 2 rings (SSSR count). The van der Waals surface area contributed by atoms with Crippen LogP contribution in [0.4, 0.5) is 0 Å². The van der Waals surface area contributed by atoms with E-state index in [0.29, 0.717) is 6.61 Å². The molecule has 0 aliphatic carbocycles. The summed E-state index contributed by atoms with van der Waals surface area (Å²) in [6.07, 6.45) is 5.25. The van der Waals surface area contributed by atoms with Crippen molar-refractivity contribution < 1.29 is 4.74 Å². The van der Waals surface area contributed by atoms with Crippen LogP contribution < -0.4 is 10.1 Å². The van der Waals surface area contributed by atoms with Crippen molar-refractivity contribution in [2.75, 3.05) is 6.61 Å². The lowest BCUT2D eigenvalue weighted by atomic mass is 10.0. The molecule has 2 aromatic carbocycles. The van der Waals surface area contributed by atoms with Crippen molar-refractivity contribution in [1.82, 2.24) is 5.32 Å². The molecule has 2 heteroatoms. The molecule has 0 spiro atoms. The average molecular weight is 279 g/mol. The number of para-hydroxylation sites is 1. The molecule has 0 aliphatic heterocycles. The first-order valence-electron chi connectivity index (χ1n) is 7.15. The van der Waals surface area contributed by atoms with Crippen molar-refractivity contribution in [2.45, 2.75) is 26.4 Å². The smallest absolute Gasteiger partial charge is 0.148 e. The summed E-state index contributed by atoms with van der Waals surface area (Å²) in [4.78, 5) is 0. The van der Waals surface area contributed by atoms with Crippen molar-refractivity contribution in [2.24, 2.45) is 0 Å². The van der Waals surface area contributed by atoms with Crippen molar-refractivity contribution in [3.05, 3.63) is 65.2 Å². The maximum Gasteiger partial charge on any atom is 0.148 e. The summed E-state index contributed by atoms with van der Waals surface area (Å²) in [5.41, 5.74) is 3.74. The molecule has 0 amide bonds. The Balaban J connectivity index is 2.03. The molecule has 0 bridgehead atoms. The van der Waals surface area contributed by atoms with Crippen molar-refractivity contribution in [1.29, 1.82) is 0 Å². The zero-order valence-corrected chi connectivity index (χ0v) is 12.6. The molecule has 0 aliphatic rings. The minimum absolute atomic E-state index is 0.284. The van der Waals surface area contributed by atoms with E-state index in [-0.39, 0.29) is 6.04 Å².